The molecule has 7 heteroatoms. The summed E-state index contributed by atoms with van der Waals surface area (Å²) in [5, 5.41) is 0. The number of hydrogen-bond donors (Lipinski definition) is 0. The van der Waals surface area contributed by atoms with Crippen molar-refractivity contribution in [1.29, 1.82) is 0 Å². The van der Waals surface area contributed by atoms with Crippen molar-refractivity contribution in [3.63, 3.8) is 0 Å². The van der Waals surface area contributed by atoms with E-state index in [1.54, 1.807) is 18.4 Å². The van der Waals surface area contributed by atoms with Gasteiger partial charge in [0, 0.05) is 45.3 Å². The van der Waals surface area contributed by atoms with Gasteiger partial charge in [-0.2, -0.15) is 17.0 Å². The average Bonchev–Trinajstić information content (AvgIpc) is 2.93. The molecule has 1 aromatic rings. The number of nitrogens with zero attached hydrogens (tertiary/aromatic N) is 3. The van der Waals surface area contributed by atoms with Crippen molar-refractivity contribution in [3.05, 3.63) is 35.4 Å². The van der Waals surface area contributed by atoms with Crippen molar-refractivity contribution in [1.82, 2.24) is 13.5 Å². The van der Waals surface area contributed by atoms with Gasteiger partial charge in [-0.1, -0.05) is 25.1 Å². The number of benzene rings is 1. The number of fused-ring (bicyclic) bond motifs is 4. The van der Waals surface area contributed by atoms with Crippen LogP contribution in [0.1, 0.15) is 35.7 Å². The molecular formula is C18H27N3O3S. The first-order chi connectivity index (χ1) is 11.8. The van der Waals surface area contributed by atoms with Crippen LogP contribution in [0.25, 0.3) is 0 Å². The number of hydrogen-bond acceptors (Lipinski definition) is 3. The lowest BCUT2D eigenvalue weighted by molar-refractivity contribution is 0.0587. The van der Waals surface area contributed by atoms with E-state index in [2.05, 4.69) is 0 Å². The Kier molecular flexibility index (Phi) is 5.18. The lowest BCUT2D eigenvalue weighted by Gasteiger charge is -2.36. The van der Waals surface area contributed by atoms with Gasteiger partial charge in [0.15, 0.2) is 0 Å². The molecule has 0 radical (unpaired) electrons. The van der Waals surface area contributed by atoms with Gasteiger partial charge < -0.3 is 4.90 Å². The summed E-state index contributed by atoms with van der Waals surface area (Å²) in [5.74, 6) is 0.238. The number of piperidine rings is 1. The van der Waals surface area contributed by atoms with E-state index in [0.717, 1.165) is 30.4 Å². The van der Waals surface area contributed by atoms with Gasteiger partial charge in [0.25, 0.3) is 16.1 Å². The largest absolute Gasteiger partial charge is 0.334 e. The molecular weight excluding hydrogens is 338 g/mol. The first kappa shape index (κ1) is 18.4. The molecule has 3 saturated heterocycles. The van der Waals surface area contributed by atoms with E-state index < -0.39 is 10.2 Å². The van der Waals surface area contributed by atoms with Crippen LogP contribution >= 0.6 is 0 Å². The third-order valence-electron chi connectivity index (χ3n) is 5.36. The van der Waals surface area contributed by atoms with Crippen LogP contribution in [0, 0.1) is 5.92 Å². The molecule has 3 heterocycles. The zero-order valence-electron chi connectivity index (χ0n) is 15.2. The molecule has 3 aliphatic rings. The second kappa shape index (κ2) is 7.05. The summed E-state index contributed by atoms with van der Waals surface area (Å²) in [6.45, 7) is 3.57. The van der Waals surface area contributed by atoms with E-state index in [4.69, 9.17) is 0 Å². The van der Waals surface area contributed by atoms with Gasteiger partial charge in [0.1, 0.15) is 0 Å². The van der Waals surface area contributed by atoms with Crippen molar-refractivity contribution in [2.24, 2.45) is 5.92 Å². The highest BCUT2D eigenvalue weighted by Crippen LogP contribution is 2.31. The SMILES string of the molecule is CCc1ccccc1C(=O)N1C[C@H]2CC[C@@H]1CN(S(=O)(=O)N(C)C)C2. The molecule has 3 fully saturated rings. The Morgan fingerprint density at radius 2 is 1.88 bits per heavy atom. The van der Waals surface area contributed by atoms with Gasteiger partial charge >= 0.3 is 0 Å². The summed E-state index contributed by atoms with van der Waals surface area (Å²) in [7, 11) is -0.331. The highest BCUT2D eigenvalue weighted by Gasteiger charge is 2.41. The number of rotatable bonds is 4. The van der Waals surface area contributed by atoms with Gasteiger partial charge in [-0.15, -0.1) is 0 Å². The number of carbonyl (C=O) groups excluding carboxylic acids is 1. The Morgan fingerprint density at radius 1 is 1.16 bits per heavy atom. The van der Waals surface area contributed by atoms with E-state index >= 15 is 0 Å². The molecule has 1 aromatic carbocycles. The third kappa shape index (κ3) is 3.45. The fourth-order valence-electron chi connectivity index (χ4n) is 3.90. The number of aryl methyl sites for hydroxylation is 1. The molecule has 25 heavy (non-hydrogen) atoms. The zero-order valence-corrected chi connectivity index (χ0v) is 16.0. The predicted molar refractivity (Wildman–Crippen MR) is 97.5 cm³/mol. The first-order valence-corrected chi connectivity index (χ1v) is 10.3. The fraction of sp³-hybridized carbons (Fsp3) is 0.611. The smallest absolute Gasteiger partial charge is 0.281 e. The zero-order chi connectivity index (χ0) is 18.2. The molecule has 3 aliphatic heterocycles. The van der Waals surface area contributed by atoms with Crippen LogP contribution in [0.4, 0.5) is 0 Å². The van der Waals surface area contributed by atoms with Gasteiger partial charge in [0.05, 0.1) is 0 Å². The quantitative estimate of drug-likeness (QED) is 0.814. The van der Waals surface area contributed by atoms with E-state index in [-0.39, 0.29) is 17.9 Å². The standard InChI is InChI=1S/C18H27N3O3S/c1-4-15-7-5-6-8-17(15)18(22)21-12-14-9-10-16(21)13-20(11-14)25(23,24)19(2)3/h5-8,14,16H,4,9-13H2,1-3H3/t14-,16+/m0/s1. The monoisotopic (exact) mass is 365 g/mol. The van der Waals surface area contributed by atoms with Gasteiger partial charge in [-0.3, -0.25) is 4.79 Å². The van der Waals surface area contributed by atoms with Crippen molar-refractivity contribution in [2.45, 2.75) is 32.2 Å². The van der Waals surface area contributed by atoms with Crippen LogP contribution < -0.4 is 0 Å². The Hall–Kier alpha value is -1.44. The minimum atomic E-state index is -3.45. The highest BCUT2D eigenvalue weighted by molar-refractivity contribution is 7.86. The lowest BCUT2D eigenvalue weighted by atomic mass is 9.93. The molecule has 2 bridgehead atoms. The Bertz CT molecular complexity index is 748. The number of carbonyl (C=O) groups is 1. The summed E-state index contributed by atoms with van der Waals surface area (Å²) >= 11 is 0. The summed E-state index contributed by atoms with van der Waals surface area (Å²) in [5.41, 5.74) is 1.80. The van der Waals surface area contributed by atoms with Gasteiger partial charge in [-0.25, -0.2) is 0 Å². The summed E-state index contributed by atoms with van der Waals surface area (Å²) in [6, 6.07) is 7.67. The molecule has 0 aliphatic carbocycles. The fourth-order valence-corrected chi connectivity index (χ4v) is 5.12. The molecule has 0 saturated carbocycles. The minimum Gasteiger partial charge on any atom is -0.334 e. The number of amides is 1. The lowest BCUT2D eigenvalue weighted by Crippen LogP contribution is -2.48. The molecule has 6 nitrogen and oxygen atoms in total. The minimum absolute atomic E-state index is 0.0382. The highest BCUT2D eigenvalue weighted by atomic mass is 32.2. The van der Waals surface area contributed by atoms with Crippen LogP contribution in [-0.2, 0) is 16.6 Å². The summed E-state index contributed by atoms with van der Waals surface area (Å²) in [4.78, 5) is 15.1. The third-order valence-corrected chi connectivity index (χ3v) is 7.23. The van der Waals surface area contributed by atoms with Crippen LogP contribution in [0.5, 0.6) is 0 Å². The van der Waals surface area contributed by atoms with Gasteiger partial charge in [0.2, 0.25) is 0 Å². The summed E-state index contributed by atoms with van der Waals surface area (Å²) < 4.78 is 27.9. The second-order valence-corrected chi connectivity index (χ2v) is 9.31. The first-order valence-electron chi connectivity index (χ1n) is 8.91. The van der Waals surface area contributed by atoms with Gasteiger partial charge in [-0.05, 0) is 36.8 Å². The molecule has 4 rings (SSSR count). The predicted octanol–water partition coefficient (Wildman–Crippen LogP) is 1.59. The van der Waals surface area contributed by atoms with Crippen molar-refractivity contribution in [3.8, 4) is 0 Å². The Morgan fingerprint density at radius 3 is 2.56 bits per heavy atom. The van der Waals surface area contributed by atoms with E-state index in [0.29, 0.717) is 19.6 Å². The molecule has 2 atom stereocenters. The maximum Gasteiger partial charge on any atom is 0.281 e. The van der Waals surface area contributed by atoms with Crippen LogP contribution in [-0.4, -0.2) is 67.6 Å². The second-order valence-electron chi connectivity index (χ2n) is 7.17. The van der Waals surface area contributed by atoms with E-state index in [9.17, 15) is 13.2 Å². The van der Waals surface area contributed by atoms with Crippen molar-refractivity contribution < 1.29 is 13.2 Å². The topological polar surface area (TPSA) is 60.9 Å². The molecule has 0 aromatic heterocycles. The molecule has 0 unspecified atom stereocenters. The van der Waals surface area contributed by atoms with Crippen LogP contribution in [0.15, 0.2) is 24.3 Å². The normalized spacial score (nSPS) is 24.6. The summed E-state index contributed by atoms with van der Waals surface area (Å²) in [6.07, 6.45) is 2.65. The maximum atomic E-state index is 13.2. The molecule has 1 amide bonds. The van der Waals surface area contributed by atoms with Crippen molar-refractivity contribution >= 4 is 16.1 Å². The van der Waals surface area contributed by atoms with Crippen LogP contribution in [0.3, 0.4) is 0 Å². The maximum absolute atomic E-state index is 13.2. The molecule has 0 N–H and O–H groups in total. The van der Waals surface area contributed by atoms with Crippen molar-refractivity contribution in [2.75, 3.05) is 33.7 Å². The molecule has 138 valence electrons. The Balaban J connectivity index is 1.87. The average molecular weight is 365 g/mol. The van der Waals surface area contributed by atoms with E-state index in [1.165, 1.54) is 4.31 Å². The van der Waals surface area contributed by atoms with E-state index in [1.807, 2.05) is 36.1 Å². The molecule has 0 spiro atoms. The van der Waals surface area contributed by atoms with Crippen LogP contribution in [0.2, 0.25) is 0 Å². The Labute approximate surface area is 150 Å².